The van der Waals surface area contributed by atoms with Gasteiger partial charge in [-0.1, -0.05) is 29.8 Å². The molecule has 0 aliphatic rings. The Balaban J connectivity index is 2.33. The van der Waals surface area contributed by atoms with Gasteiger partial charge < -0.3 is 10.5 Å². The molecule has 8 heteroatoms. The number of carbonyl (C=O) groups excluding carboxylic acids is 1. The summed E-state index contributed by atoms with van der Waals surface area (Å²) in [7, 11) is 0. The third-order valence-electron chi connectivity index (χ3n) is 3.33. The number of primary amides is 1. The molecule has 0 spiro atoms. The number of benzene rings is 1. The van der Waals surface area contributed by atoms with Crippen LogP contribution in [0.3, 0.4) is 0 Å². The highest BCUT2D eigenvalue weighted by Crippen LogP contribution is 2.20. The van der Waals surface area contributed by atoms with Crippen molar-refractivity contribution in [3.8, 4) is 5.69 Å². The molecule has 0 saturated carbocycles. The first-order valence-corrected chi connectivity index (χ1v) is 7.18. The van der Waals surface area contributed by atoms with Crippen LogP contribution in [0.4, 0.5) is 4.79 Å². The van der Waals surface area contributed by atoms with Gasteiger partial charge in [-0.2, -0.15) is 0 Å². The van der Waals surface area contributed by atoms with Crippen molar-refractivity contribution in [1.29, 1.82) is 0 Å². The van der Waals surface area contributed by atoms with Crippen LogP contribution in [0, 0.1) is 0 Å². The number of amides is 1. The molecule has 0 aliphatic heterocycles. The number of nitrogens with zero attached hydrogens (tertiary/aromatic N) is 3. The molecule has 23 heavy (non-hydrogen) atoms. The standard InChI is InChI=1S/C15H13ClN4O3/c1-9(23-15(17)22)13-18-19-8-7-11(16)12(19)14(21)20(13)10-5-3-2-4-6-10/h2-9H,1H3,(H2,17,22). The van der Waals surface area contributed by atoms with Crippen molar-refractivity contribution in [2.45, 2.75) is 13.0 Å². The molecule has 0 saturated heterocycles. The minimum absolute atomic E-state index is 0.236. The quantitative estimate of drug-likeness (QED) is 0.796. The van der Waals surface area contributed by atoms with E-state index in [-0.39, 0.29) is 16.9 Å². The lowest BCUT2D eigenvalue weighted by Crippen LogP contribution is -2.29. The molecule has 2 N–H and O–H groups in total. The van der Waals surface area contributed by atoms with E-state index in [0.717, 1.165) is 0 Å². The fourth-order valence-electron chi connectivity index (χ4n) is 2.36. The second-order valence-corrected chi connectivity index (χ2v) is 5.28. The van der Waals surface area contributed by atoms with E-state index in [4.69, 9.17) is 22.1 Å². The summed E-state index contributed by atoms with van der Waals surface area (Å²) < 4.78 is 7.70. The van der Waals surface area contributed by atoms with Crippen molar-refractivity contribution >= 4 is 23.2 Å². The number of hydrogen-bond donors (Lipinski definition) is 1. The summed E-state index contributed by atoms with van der Waals surface area (Å²) in [5, 5.41) is 4.64. The maximum Gasteiger partial charge on any atom is 0.405 e. The van der Waals surface area contributed by atoms with Gasteiger partial charge in [-0.3, -0.25) is 9.36 Å². The summed E-state index contributed by atoms with van der Waals surface area (Å²) in [6.07, 6.45) is -0.197. The minimum Gasteiger partial charge on any atom is -0.438 e. The van der Waals surface area contributed by atoms with Crippen LogP contribution >= 0.6 is 11.6 Å². The molecule has 0 radical (unpaired) electrons. The maximum atomic E-state index is 12.9. The molecule has 118 valence electrons. The van der Waals surface area contributed by atoms with Gasteiger partial charge in [0, 0.05) is 6.20 Å². The Kier molecular flexibility index (Phi) is 3.79. The summed E-state index contributed by atoms with van der Waals surface area (Å²) in [5.74, 6) is 0.236. The highest BCUT2D eigenvalue weighted by molar-refractivity contribution is 6.33. The van der Waals surface area contributed by atoms with Crippen LogP contribution in [0.5, 0.6) is 0 Å². The first-order valence-electron chi connectivity index (χ1n) is 6.80. The lowest BCUT2D eigenvalue weighted by Gasteiger charge is -2.17. The molecule has 1 unspecified atom stereocenters. The second kappa shape index (κ2) is 5.77. The van der Waals surface area contributed by atoms with Gasteiger partial charge in [0.15, 0.2) is 11.9 Å². The van der Waals surface area contributed by atoms with Crippen molar-refractivity contribution in [3.63, 3.8) is 0 Å². The van der Waals surface area contributed by atoms with Gasteiger partial charge in [-0.15, -0.1) is 5.10 Å². The molecular formula is C15H13ClN4O3. The normalized spacial score (nSPS) is 12.3. The third-order valence-corrected chi connectivity index (χ3v) is 3.64. The predicted octanol–water partition coefficient (Wildman–Crippen LogP) is 2.29. The van der Waals surface area contributed by atoms with Gasteiger partial charge in [-0.25, -0.2) is 9.31 Å². The highest BCUT2D eigenvalue weighted by atomic mass is 35.5. The fourth-order valence-corrected chi connectivity index (χ4v) is 2.59. The van der Waals surface area contributed by atoms with Crippen LogP contribution in [0.25, 0.3) is 11.2 Å². The summed E-state index contributed by atoms with van der Waals surface area (Å²) in [5.41, 5.74) is 5.53. The number of fused-ring (bicyclic) bond motifs is 1. The molecule has 1 atom stereocenters. The Labute approximate surface area is 135 Å². The monoisotopic (exact) mass is 332 g/mol. The van der Waals surface area contributed by atoms with E-state index in [1.165, 1.54) is 9.08 Å². The molecule has 7 nitrogen and oxygen atoms in total. The van der Waals surface area contributed by atoms with E-state index in [1.54, 1.807) is 43.5 Å². The van der Waals surface area contributed by atoms with E-state index in [9.17, 15) is 9.59 Å². The smallest absolute Gasteiger partial charge is 0.405 e. The lowest BCUT2D eigenvalue weighted by atomic mass is 10.3. The Morgan fingerprint density at radius 3 is 2.65 bits per heavy atom. The number of halogens is 1. The molecule has 0 bridgehead atoms. The molecule has 1 amide bonds. The van der Waals surface area contributed by atoms with Crippen molar-refractivity contribution in [2.24, 2.45) is 5.73 Å². The summed E-state index contributed by atoms with van der Waals surface area (Å²) in [4.78, 5) is 23.9. The number of hydrogen-bond acceptors (Lipinski definition) is 4. The third kappa shape index (κ3) is 2.66. The first kappa shape index (κ1) is 15.1. The average molecular weight is 333 g/mol. The van der Waals surface area contributed by atoms with Gasteiger partial charge in [0.05, 0.1) is 10.7 Å². The van der Waals surface area contributed by atoms with Crippen molar-refractivity contribution < 1.29 is 9.53 Å². The lowest BCUT2D eigenvalue weighted by molar-refractivity contribution is 0.109. The Bertz CT molecular complexity index is 933. The molecule has 3 aromatic rings. The number of nitrogens with two attached hydrogens (primary N) is 1. The van der Waals surface area contributed by atoms with E-state index in [1.807, 2.05) is 6.07 Å². The molecule has 2 heterocycles. The molecule has 0 aliphatic carbocycles. The zero-order valence-electron chi connectivity index (χ0n) is 12.1. The summed E-state index contributed by atoms with van der Waals surface area (Å²) in [6, 6.07) is 10.5. The topological polar surface area (TPSA) is 91.6 Å². The van der Waals surface area contributed by atoms with E-state index in [0.29, 0.717) is 10.7 Å². The Morgan fingerprint density at radius 1 is 1.30 bits per heavy atom. The van der Waals surface area contributed by atoms with Crippen LogP contribution in [-0.2, 0) is 4.74 Å². The number of para-hydroxylation sites is 1. The number of carbonyl (C=O) groups is 1. The number of rotatable bonds is 3. The largest absolute Gasteiger partial charge is 0.438 e. The van der Waals surface area contributed by atoms with E-state index in [2.05, 4.69) is 5.10 Å². The second-order valence-electron chi connectivity index (χ2n) is 4.87. The highest BCUT2D eigenvalue weighted by Gasteiger charge is 2.21. The zero-order valence-corrected chi connectivity index (χ0v) is 12.9. The van der Waals surface area contributed by atoms with Gasteiger partial charge in [-0.05, 0) is 25.1 Å². The number of aromatic nitrogens is 3. The zero-order chi connectivity index (χ0) is 16.6. The van der Waals surface area contributed by atoms with Crippen LogP contribution in [0.2, 0.25) is 5.02 Å². The van der Waals surface area contributed by atoms with Crippen LogP contribution in [0.1, 0.15) is 18.9 Å². The van der Waals surface area contributed by atoms with Gasteiger partial charge in [0.25, 0.3) is 5.56 Å². The summed E-state index contributed by atoms with van der Waals surface area (Å²) in [6.45, 7) is 1.59. The van der Waals surface area contributed by atoms with Crippen molar-refractivity contribution in [2.75, 3.05) is 0 Å². The fraction of sp³-hybridized carbons (Fsp3) is 0.133. The summed E-state index contributed by atoms with van der Waals surface area (Å²) >= 11 is 6.07. The van der Waals surface area contributed by atoms with Crippen molar-refractivity contribution in [1.82, 2.24) is 14.2 Å². The Morgan fingerprint density at radius 2 is 2.00 bits per heavy atom. The van der Waals surface area contributed by atoms with Crippen LogP contribution in [-0.4, -0.2) is 20.3 Å². The average Bonchev–Trinajstić information content (AvgIpc) is 2.89. The molecule has 3 rings (SSSR count). The predicted molar refractivity (Wildman–Crippen MR) is 84.9 cm³/mol. The Hall–Kier alpha value is -2.80. The SMILES string of the molecule is CC(OC(N)=O)c1nn2ccc(Cl)c2c(=O)n1-c1ccccc1. The minimum atomic E-state index is -0.947. The first-order chi connectivity index (χ1) is 11.0. The number of ether oxygens (including phenoxy) is 1. The van der Waals surface area contributed by atoms with Crippen molar-refractivity contribution in [3.05, 3.63) is 63.8 Å². The van der Waals surface area contributed by atoms with Gasteiger partial charge >= 0.3 is 6.09 Å². The molecule has 1 aromatic carbocycles. The molecule has 0 fully saturated rings. The van der Waals surface area contributed by atoms with Crippen LogP contribution in [0.15, 0.2) is 47.4 Å². The molecular weight excluding hydrogens is 320 g/mol. The van der Waals surface area contributed by atoms with E-state index >= 15 is 0 Å². The van der Waals surface area contributed by atoms with Crippen LogP contribution < -0.4 is 11.3 Å². The maximum absolute atomic E-state index is 12.9. The molecule has 2 aromatic heterocycles. The van der Waals surface area contributed by atoms with Gasteiger partial charge in [0.2, 0.25) is 0 Å². The van der Waals surface area contributed by atoms with Gasteiger partial charge in [0.1, 0.15) is 5.52 Å². The van der Waals surface area contributed by atoms with E-state index < -0.39 is 12.2 Å².